The van der Waals surface area contributed by atoms with Gasteiger partial charge in [0.05, 0.1) is 0 Å². The van der Waals surface area contributed by atoms with Gasteiger partial charge in [-0.2, -0.15) is 0 Å². The number of hydrogen-bond acceptors (Lipinski definition) is 6. The van der Waals surface area contributed by atoms with E-state index in [1.54, 1.807) is 48.5 Å². The fourth-order valence-corrected chi connectivity index (χ4v) is 3.69. The second-order valence-electron chi connectivity index (χ2n) is 6.13. The van der Waals surface area contributed by atoms with Crippen molar-refractivity contribution in [3.05, 3.63) is 121 Å². The Bertz CT molecular complexity index is 966. The molecule has 0 saturated carbocycles. The van der Waals surface area contributed by atoms with Gasteiger partial charge < -0.3 is 23.0 Å². The average Bonchev–Trinajstić information content (AvgIpc) is 2.82. The molecular formula is C24H22O6P2. The molecule has 0 spiro atoms. The van der Waals surface area contributed by atoms with E-state index in [-0.39, 0.29) is 0 Å². The monoisotopic (exact) mass is 468 g/mol. The van der Waals surface area contributed by atoms with Crippen molar-refractivity contribution in [1.29, 1.82) is 0 Å². The van der Waals surface area contributed by atoms with Gasteiger partial charge in [0.1, 0.15) is 23.0 Å². The minimum Gasteiger partial charge on any atom is -0.418 e. The van der Waals surface area contributed by atoms with Crippen LogP contribution in [0.1, 0.15) is 0 Å². The molecule has 0 fully saturated rings. The van der Waals surface area contributed by atoms with Crippen LogP contribution in [0.25, 0.3) is 0 Å². The molecule has 1 N–H and O–H groups in total. The van der Waals surface area contributed by atoms with Crippen LogP contribution in [0.5, 0.6) is 23.0 Å². The summed E-state index contributed by atoms with van der Waals surface area (Å²) in [4.78, 5) is 9.58. The molecule has 6 nitrogen and oxygen atoms in total. The second kappa shape index (κ2) is 13.2. The van der Waals surface area contributed by atoms with Gasteiger partial charge in [0.15, 0.2) is 0 Å². The molecule has 164 valence electrons. The molecule has 0 atom stereocenters. The third kappa shape index (κ3) is 8.83. The summed E-state index contributed by atoms with van der Waals surface area (Å²) in [7, 11) is -4.48. The maximum atomic E-state index is 11.5. The molecule has 0 aromatic heterocycles. The third-order valence-electron chi connectivity index (χ3n) is 3.74. The van der Waals surface area contributed by atoms with E-state index < -0.39 is 16.9 Å². The Hall–Kier alpha value is -3.30. The number of hydrogen-bond donors (Lipinski definition) is 1. The molecule has 32 heavy (non-hydrogen) atoms. The van der Waals surface area contributed by atoms with Crippen LogP contribution in [0.2, 0.25) is 0 Å². The summed E-state index contributed by atoms with van der Waals surface area (Å²) in [5.41, 5.74) is 0. The van der Waals surface area contributed by atoms with E-state index in [1.807, 2.05) is 72.8 Å². The van der Waals surface area contributed by atoms with Gasteiger partial charge in [-0.05, 0) is 48.5 Å². The Balaban J connectivity index is 0.000000181. The highest BCUT2D eigenvalue weighted by Gasteiger charge is 2.10. The van der Waals surface area contributed by atoms with E-state index >= 15 is 0 Å². The highest BCUT2D eigenvalue weighted by molar-refractivity contribution is 7.41. The summed E-state index contributed by atoms with van der Waals surface area (Å²) < 4.78 is 32.2. The summed E-state index contributed by atoms with van der Waals surface area (Å²) in [6, 6.07) is 36.1. The molecule has 0 aliphatic heterocycles. The van der Waals surface area contributed by atoms with Crippen LogP contribution in [0, 0.1) is 0 Å². The second-order valence-corrected chi connectivity index (χ2v) is 7.88. The van der Waals surface area contributed by atoms with Crippen LogP contribution in [0.3, 0.4) is 0 Å². The van der Waals surface area contributed by atoms with Gasteiger partial charge in [-0.25, -0.2) is 4.57 Å². The van der Waals surface area contributed by atoms with Crippen LogP contribution in [-0.2, 0) is 4.57 Å². The van der Waals surface area contributed by atoms with Crippen LogP contribution in [0.4, 0.5) is 0 Å². The van der Waals surface area contributed by atoms with Crippen molar-refractivity contribution in [3.8, 4) is 23.0 Å². The first-order valence-corrected chi connectivity index (χ1v) is 12.0. The van der Waals surface area contributed by atoms with Gasteiger partial charge >= 0.3 is 16.9 Å². The maximum absolute atomic E-state index is 11.5. The number of para-hydroxylation sites is 4. The predicted molar refractivity (Wildman–Crippen MR) is 126 cm³/mol. The van der Waals surface area contributed by atoms with Crippen molar-refractivity contribution >= 4 is 16.9 Å². The van der Waals surface area contributed by atoms with Crippen LogP contribution >= 0.6 is 16.9 Å². The Morgan fingerprint density at radius 3 is 1.09 bits per heavy atom. The molecule has 0 heterocycles. The SMILES string of the molecule is O=[PH](Oc1ccccc1)Oc1ccccc1.OP(Oc1ccccc1)Oc1ccccc1. The van der Waals surface area contributed by atoms with Crippen LogP contribution < -0.4 is 18.1 Å². The minimum absolute atomic E-state index is 0.544. The van der Waals surface area contributed by atoms with Gasteiger partial charge in [-0.3, -0.25) is 0 Å². The van der Waals surface area contributed by atoms with E-state index in [2.05, 4.69) is 0 Å². The lowest BCUT2D eigenvalue weighted by atomic mass is 10.3. The largest absolute Gasteiger partial charge is 0.460 e. The van der Waals surface area contributed by atoms with Gasteiger partial charge in [0, 0.05) is 0 Å². The van der Waals surface area contributed by atoms with Gasteiger partial charge in [-0.1, -0.05) is 72.8 Å². The topological polar surface area (TPSA) is 74.2 Å². The van der Waals surface area contributed by atoms with E-state index in [1.165, 1.54) is 0 Å². The van der Waals surface area contributed by atoms with Crippen molar-refractivity contribution in [1.82, 2.24) is 0 Å². The van der Waals surface area contributed by atoms with E-state index in [0.717, 1.165) is 0 Å². The lowest BCUT2D eigenvalue weighted by Crippen LogP contribution is -1.93. The molecular weight excluding hydrogens is 446 g/mol. The first-order valence-electron chi connectivity index (χ1n) is 9.64. The van der Waals surface area contributed by atoms with Crippen molar-refractivity contribution in [2.75, 3.05) is 0 Å². The zero-order valence-electron chi connectivity index (χ0n) is 17.0. The van der Waals surface area contributed by atoms with Gasteiger partial charge in [-0.15, -0.1) is 0 Å². The fourth-order valence-electron chi connectivity index (χ4n) is 2.35. The summed E-state index contributed by atoms with van der Waals surface area (Å²) >= 11 is 0. The van der Waals surface area contributed by atoms with Crippen molar-refractivity contribution in [2.24, 2.45) is 0 Å². The van der Waals surface area contributed by atoms with E-state index in [9.17, 15) is 9.46 Å². The highest BCUT2D eigenvalue weighted by atomic mass is 31.2. The first kappa shape index (κ1) is 23.4. The van der Waals surface area contributed by atoms with Crippen LogP contribution in [0.15, 0.2) is 121 Å². The first-order chi connectivity index (χ1) is 15.7. The number of rotatable bonds is 8. The molecule has 8 heteroatoms. The lowest BCUT2D eigenvalue weighted by Gasteiger charge is -2.11. The van der Waals surface area contributed by atoms with Gasteiger partial charge in [0.25, 0.3) is 0 Å². The fraction of sp³-hybridized carbons (Fsp3) is 0. The molecule has 0 bridgehead atoms. The molecule has 4 aromatic carbocycles. The Morgan fingerprint density at radius 1 is 0.500 bits per heavy atom. The maximum Gasteiger partial charge on any atom is 0.460 e. The highest BCUT2D eigenvalue weighted by Crippen LogP contribution is 2.36. The quantitative estimate of drug-likeness (QED) is 0.284. The predicted octanol–water partition coefficient (Wildman–Crippen LogP) is 6.90. The molecule has 0 saturated heterocycles. The Morgan fingerprint density at radius 2 is 0.781 bits per heavy atom. The summed E-state index contributed by atoms with van der Waals surface area (Å²) in [5.74, 6) is 2.27. The molecule has 4 rings (SSSR count). The normalized spacial score (nSPS) is 10.1. The number of benzene rings is 4. The lowest BCUT2D eigenvalue weighted by molar-refractivity contribution is 0.382. The van der Waals surface area contributed by atoms with Crippen molar-refractivity contribution < 1.29 is 27.6 Å². The van der Waals surface area contributed by atoms with E-state index in [4.69, 9.17) is 18.1 Å². The summed E-state index contributed by atoms with van der Waals surface area (Å²) in [5, 5.41) is 0. The zero-order valence-corrected chi connectivity index (χ0v) is 18.9. The average molecular weight is 468 g/mol. The zero-order chi connectivity index (χ0) is 22.4. The van der Waals surface area contributed by atoms with Crippen molar-refractivity contribution in [2.45, 2.75) is 0 Å². The smallest absolute Gasteiger partial charge is 0.418 e. The molecule has 0 radical (unpaired) electrons. The Kier molecular flexibility index (Phi) is 9.63. The standard InChI is InChI=1S/2C12H11O3P/c2*13-16(14-11-7-3-1-4-8-11)15-12-9-5-2-6-10-12/h1-10,16H;1-10,13H. The molecule has 0 aliphatic carbocycles. The minimum atomic E-state index is -2.54. The molecule has 0 unspecified atom stereocenters. The van der Waals surface area contributed by atoms with E-state index in [0.29, 0.717) is 23.0 Å². The molecule has 0 aliphatic rings. The Labute approximate surface area is 188 Å². The molecule has 4 aromatic rings. The third-order valence-corrected chi connectivity index (χ3v) is 5.28. The van der Waals surface area contributed by atoms with Gasteiger partial charge in [0.2, 0.25) is 0 Å². The summed E-state index contributed by atoms with van der Waals surface area (Å²) in [6.45, 7) is 0. The van der Waals surface area contributed by atoms with Crippen LogP contribution in [-0.4, -0.2) is 4.89 Å². The molecule has 0 amide bonds. The summed E-state index contributed by atoms with van der Waals surface area (Å²) in [6.07, 6.45) is 0. The van der Waals surface area contributed by atoms with Crippen molar-refractivity contribution in [3.63, 3.8) is 0 Å².